The minimum atomic E-state index is -0.114. The molecule has 28 heavy (non-hydrogen) atoms. The van der Waals surface area contributed by atoms with Crippen LogP contribution in [0.15, 0.2) is 54.6 Å². The second kappa shape index (κ2) is 7.91. The first-order valence-corrected chi connectivity index (χ1v) is 10.6. The number of halogens is 1. The van der Waals surface area contributed by atoms with Crippen LogP contribution in [0.2, 0.25) is 4.34 Å². The zero-order valence-electron chi connectivity index (χ0n) is 15.3. The standard InChI is InChI=1S/C21H17ClN2O2S2/c1-13-8-9-15(26-2)18-19(13)28-21(23-18)24(12-14-6-4-3-5-7-14)20(25)16-10-11-17(22)27-16/h3-11H,12H2,1-2H3. The van der Waals surface area contributed by atoms with Crippen molar-refractivity contribution < 1.29 is 9.53 Å². The molecule has 2 heterocycles. The average molecular weight is 429 g/mol. The van der Waals surface area contributed by atoms with Crippen LogP contribution in [-0.2, 0) is 6.54 Å². The monoisotopic (exact) mass is 428 g/mol. The van der Waals surface area contributed by atoms with E-state index in [1.54, 1.807) is 24.1 Å². The second-order valence-electron chi connectivity index (χ2n) is 6.24. The zero-order chi connectivity index (χ0) is 19.7. The topological polar surface area (TPSA) is 42.4 Å². The largest absolute Gasteiger partial charge is 0.494 e. The first-order valence-electron chi connectivity index (χ1n) is 8.62. The molecule has 0 aliphatic heterocycles. The number of thiophene rings is 1. The summed E-state index contributed by atoms with van der Waals surface area (Å²) in [6.45, 7) is 2.46. The van der Waals surface area contributed by atoms with Crippen LogP contribution in [-0.4, -0.2) is 18.0 Å². The predicted octanol–water partition coefficient (Wildman–Crippen LogP) is 6.18. The van der Waals surface area contributed by atoms with Crippen LogP contribution in [0.1, 0.15) is 20.8 Å². The predicted molar refractivity (Wildman–Crippen MR) is 117 cm³/mol. The molecule has 1 amide bonds. The van der Waals surface area contributed by atoms with E-state index in [2.05, 4.69) is 0 Å². The number of fused-ring (bicyclic) bond motifs is 1. The summed E-state index contributed by atoms with van der Waals surface area (Å²) in [4.78, 5) is 20.4. The molecule has 0 saturated carbocycles. The van der Waals surface area contributed by atoms with Gasteiger partial charge >= 0.3 is 0 Å². The highest BCUT2D eigenvalue weighted by molar-refractivity contribution is 7.22. The zero-order valence-corrected chi connectivity index (χ0v) is 17.7. The number of aromatic nitrogens is 1. The first kappa shape index (κ1) is 18.9. The number of ether oxygens (including phenoxy) is 1. The number of carbonyl (C=O) groups is 1. The fraction of sp³-hybridized carbons (Fsp3) is 0.143. The highest BCUT2D eigenvalue weighted by atomic mass is 35.5. The van der Waals surface area contributed by atoms with Crippen LogP contribution >= 0.6 is 34.3 Å². The Morgan fingerprint density at radius 3 is 2.57 bits per heavy atom. The number of hydrogen-bond acceptors (Lipinski definition) is 5. The maximum Gasteiger partial charge on any atom is 0.270 e. The van der Waals surface area contributed by atoms with E-state index < -0.39 is 0 Å². The molecular weight excluding hydrogens is 412 g/mol. The van der Waals surface area contributed by atoms with Gasteiger partial charge in [-0.25, -0.2) is 4.98 Å². The fourth-order valence-corrected chi connectivity index (χ4v) is 4.97. The van der Waals surface area contributed by atoms with E-state index in [1.165, 1.54) is 22.7 Å². The minimum absolute atomic E-state index is 0.114. The molecule has 4 rings (SSSR count). The second-order valence-corrected chi connectivity index (χ2v) is 8.93. The number of hydrogen-bond donors (Lipinski definition) is 0. The van der Waals surface area contributed by atoms with Gasteiger partial charge in [0.1, 0.15) is 11.3 Å². The van der Waals surface area contributed by atoms with E-state index in [4.69, 9.17) is 21.3 Å². The van der Waals surface area contributed by atoms with Crippen LogP contribution in [0, 0.1) is 6.92 Å². The molecule has 4 nitrogen and oxygen atoms in total. The van der Waals surface area contributed by atoms with Gasteiger partial charge in [0, 0.05) is 0 Å². The summed E-state index contributed by atoms with van der Waals surface area (Å²) in [5.41, 5.74) is 2.91. The molecule has 0 aliphatic carbocycles. The molecule has 0 bridgehead atoms. The van der Waals surface area contributed by atoms with Crippen LogP contribution in [0.4, 0.5) is 5.13 Å². The molecule has 4 aromatic rings. The van der Waals surface area contributed by atoms with Crippen molar-refractivity contribution >= 4 is 55.5 Å². The van der Waals surface area contributed by atoms with Gasteiger partial charge in [0.2, 0.25) is 0 Å². The molecule has 2 aromatic heterocycles. The van der Waals surface area contributed by atoms with E-state index in [9.17, 15) is 4.79 Å². The van der Waals surface area contributed by atoms with Crippen LogP contribution < -0.4 is 9.64 Å². The van der Waals surface area contributed by atoms with Gasteiger partial charge in [0.25, 0.3) is 5.91 Å². The number of amides is 1. The molecule has 0 fully saturated rings. The van der Waals surface area contributed by atoms with Crippen molar-refractivity contribution in [3.8, 4) is 5.75 Å². The van der Waals surface area contributed by atoms with Gasteiger partial charge in [0.15, 0.2) is 5.13 Å². The van der Waals surface area contributed by atoms with Crippen molar-refractivity contribution in [3.05, 3.63) is 74.9 Å². The summed E-state index contributed by atoms with van der Waals surface area (Å²) in [6.07, 6.45) is 0. The van der Waals surface area contributed by atoms with E-state index in [-0.39, 0.29) is 5.91 Å². The van der Waals surface area contributed by atoms with Gasteiger partial charge in [-0.1, -0.05) is 59.3 Å². The number of nitrogens with zero attached hydrogens (tertiary/aromatic N) is 2. The van der Waals surface area contributed by atoms with Gasteiger partial charge < -0.3 is 4.74 Å². The molecule has 0 saturated heterocycles. The van der Waals surface area contributed by atoms with E-state index in [0.717, 1.165) is 21.3 Å². The molecule has 0 radical (unpaired) electrons. The van der Waals surface area contributed by atoms with Gasteiger partial charge in [-0.05, 0) is 36.2 Å². The van der Waals surface area contributed by atoms with Gasteiger partial charge in [-0.2, -0.15) is 0 Å². The average Bonchev–Trinajstić information content (AvgIpc) is 3.34. The summed E-state index contributed by atoms with van der Waals surface area (Å²) >= 11 is 8.83. The smallest absolute Gasteiger partial charge is 0.270 e. The highest BCUT2D eigenvalue weighted by Crippen LogP contribution is 2.37. The Hall–Kier alpha value is -2.41. The Morgan fingerprint density at radius 1 is 1.11 bits per heavy atom. The first-order chi connectivity index (χ1) is 13.6. The minimum Gasteiger partial charge on any atom is -0.494 e. The van der Waals surface area contributed by atoms with Gasteiger partial charge in [-0.15, -0.1) is 11.3 Å². The Morgan fingerprint density at radius 2 is 1.89 bits per heavy atom. The van der Waals surface area contributed by atoms with Crippen molar-refractivity contribution in [1.82, 2.24) is 4.98 Å². The summed E-state index contributed by atoms with van der Waals surface area (Å²) in [7, 11) is 1.63. The number of rotatable bonds is 5. The SMILES string of the molecule is COc1ccc(C)c2sc(N(Cc3ccccc3)C(=O)c3ccc(Cl)s3)nc12. The number of anilines is 1. The Labute approximate surface area is 176 Å². The molecule has 0 atom stereocenters. The molecule has 0 unspecified atom stereocenters. The lowest BCUT2D eigenvalue weighted by Crippen LogP contribution is -2.29. The lowest BCUT2D eigenvalue weighted by atomic mass is 10.2. The lowest BCUT2D eigenvalue weighted by Gasteiger charge is -2.19. The summed E-state index contributed by atoms with van der Waals surface area (Å²) in [5, 5.41) is 0.640. The van der Waals surface area contributed by atoms with Crippen LogP contribution in [0.25, 0.3) is 10.2 Å². The molecule has 2 aromatic carbocycles. The third kappa shape index (κ3) is 3.63. The van der Waals surface area contributed by atoms with Gasteiger partial charge in [-0.3, -0.25) is 9.69 Å². The highest BCUT2D eigenvalue weighted by Gasteiger charge is 2.24. The number of benzene rings is 2. The van der Waals surface area contributed by atoms with Crippen molar-refractivity contribution in [2.24, 2.45) is 0 Å². The molecular formula is C21H17ClN2O2S2. The number of carbonyl (C=O) groups excluding carboxylic acids is 1. The third-order valence-electron chi connectivity index (χ3n) is 4.36. The maximum absolute atomic E-state index is 13.3. The summed E-state index contributed by atoms with van der Waals surface area (Å²) < 4.78 is 7.07. The van der Waals surface area contributed by atoms with E-state index in [1.807, 2.05) is 49.4 Å². The van der Waals surface area contributed by atoms with E-state index in [0.29, 0.717) is 26.6 Å². The number of methoxy groups -OCH3 is 1. The molecule has 142 valence electrons. The molecule has 0 spiro atoms. The summed E-state index contributed by atoms with van der Waals surface area (Å²) in [5.74, 6) is 0.589. The molecule has 7 heteroatoms. The molecule has 0 N–H and O–H groups in total. The van der Waals surface area contributed by atoms with Crippen molar-refractivity contribution in [2.75, 3.05) is 12.0 Å². The van der Waals surface area contributed by atoms with Crippen molar-refractivity contribution in [2.45, 2.75) is 13.5 Å². The number of thiazole rings is 1. The quantitative estimate of drug-likeness (QED) is 0.381. The number of aryl methyl sites for hydroxylation is 1. The fourth-order valence-electron chi connectivity index (χ4n) is 2.93. The van der Waals surface area contributed by atoms with E-state index >= 15 is 0 Å². The molecule has 0 aliphatic rings. The Balaban J connectivity index is 1.82. The van der Waals surface area contributed by atoms with Crippen molar-refractivity contribution in [3.63, 3.8) is 0 Å². The lowest BCUT2D eigenvalue weighted by molar-refractivity contribution is 0.0989. The normalized spacial score (nSPS) is 11.0. The van der Waals surface area contributed by atoms with Gasteiger partial charge in [0.05, 0.1) is 27.6 Å². The van der Waals surface area contributed by atoms with Crippen LogP contribution in [0.3, 0.4) is 0 Å². The Kier molecular flexibility index (Phi) is 5.35. The Bertz CT molecular complexity index is 1140. The maximum atomic E-state index is 13.3. The summed E-state index contributed by atoms with van der Waals surface area (Å²) in [6, 6.07) is 17.3. The van der Waals surface area contributed by atoms with Crippen molar-refractivity contribution in [1.29, 1.82) is 0 Å². The third-order valence-corrected chi connectivity index (χ3v) is 6.79. The van der Waals surface area contributed by atoms with Crippen LogP contribution in [0.5, 0.6) is 5.75 Å².